The highest BCUT2D eigenvalue weighted by Crippen LogP contribution is 2.51. The molecule has 2 heterocycles. The monoisotopic (exact) mass is 490 g/mol. The van der Waals surface area contributed by atoms with Crippen molar-refractivity contribution < 1.29 is 14.7 Å². The minimum atomic E-state index is -0.636. The summed E-state index contributed by atoms with van der Waals surface area (Å²) in [6.45, 7) is 5.61. The maximum Gasteiger partial charge on any atom is 0.270 e. The molecule has 9 nitrogen and oxygen atoms in total. The average Bonchev–Trinajstić information content (AvgIpc) is 3.81. The lowest BCUT2D eigenvalue weighted by molar-refractivity contribution is -0.119. The molecule has 2 aromatic heterocycles. The van der Waals surface area contributed by atoms with Gasteiger partial charge in [-0.25, -0.2) is 0 Å². The first-order chi connectivity index (χ1) is 17.4. The third-order valence-electron chi connectivity index (χ3n) is 7.44. The molecule has 0 unspecified atom stereocenters. The van der Waals surface area contributed by atoms with E-state index in [1.807, 2.05) is 38.1 Å². The van der Waals surface area contributed by atoms with Gasteiger partial charge in [-0.2, -0.15) is 10.2 Å². The number of carbonyl (C=O) groups is 2. The fourth-order valence-corrected chi connectivity index (χ4v) is 5.28. The molecule has 3 aromatic rings. The number of hydrogen-bond donors (Lipinski definition) is 4. The second kappa shape index (κ2) is 9.89. The molecule has 190 valence electrons. The predicted octanol–water partition coefficient (Wildman–Crippen LogP) is 3.62. The van der Waals surface area contributed by atoms with Crippen LogP contribution in [0.2, 0.25) is 0 Å². The van der Waals surface area contributed by atoms with Crippen LogP contribution in [0, 0.1) is 31.6 Å². The zero-order chi connectivity index (χ0) is 25.4. The fraction of sp³-hybridized carbons (Fsp3) is 0.481. The van der Waals surface area contributed by atoms with Crippen molar-refractivity contribution in [1.82, 2.24) is 25.3 Å². The van der Waals surface area contributed by atoms with Crippen LogP contribution >= 0.6 is 0 Å². The molecule has 36 heavy (non-hydrogen) atoms. The Hall–Kier alpha value is -3.46. The molecule has 0 saturated heterocycles. The van der Waals surface area contributed by atoms with Gasteiger partial charge in [-0.1, -0.05) is 12.1 Å². The van der Waals surface area contributed by atoms with Crippen molar-refractivity contribution in [1.29, 1.82) is 0 Å². The fourth-order valence-electron chi connectivity index (χ4n) is 5.28. The van der Waals surface area contributed by atoms with E-state index in [2.05, 4.69) is 25.9 Å². The standard InChI is InChI=1S/C27H34N6O3/c1-15(14-34)33-22(12-13-28-33)26(35)30-25(24(19-4-5-19)20-6-7-20)27(36)29-21-10-8-18(9-11-21)23-16(2)31-32-17(23)3/h8-13,15,19-20,24-25,34H,4-7,14H2,1-3H3,(H,29,36)(H,30,35)(H,31,32)/t15-,25+/m1/s1. The summed E-state index contributed by atoms with van der Waals surface area (Å²) in [6, 6.07) is 8.38. The first kappa shape index (κ1) is 24.2. The van der Waals surface area contributed by atoms with Crippen molar-refractivity contribution in [3.63, 3.8) is 0 Å². The molecule has 0 aliphatic heterocycles. The second-order valence-electron chi connectivity index (χ2n) is 10.3. The van der Waals surface area contributed by atoms with E-state index in [9.17, 15) is 14.7 Å². The number of aromatic amines is 1. The van der Waals surface area contributed by atoms with E-state index < -0.39 is 6.04 Å². The first-order valence-corrected chi connectivity index (χ1v) is 12.8. The molecule has 1 aromatic carbocycles. The molecule has 2 amide bonds. The van der Waals surface area contributed by atoms with Gasteiger partial charge in [0.1, 0.15) is 11.7 Å². The van der Waals surface area contributed by atoms with Crippen LogP contribution in [0.5, 0.6) is 0 Å². The molecule has 2 aliphatic carbocycles. The smallest absolute Gasteiger partial charge is 0.270 e. The van der Waals surface area contributed by atoms with Gasteiger partial charge in [0.25, 0.3) is 5.91 Å². The number of aromatic nitrogens is 4. The summed E-state index contributed by atoms with van der Waals surface area (Å²) in [5.74, 6) is 0.502. The number of nitrogens with one attached hydrogen (secondary N) is 3. The van der Waals surface area contributed by atoms with Gasteiger partial charge in [0, 0.05) is 23.1 Å². The SMILES string of the molecule is Cc1n[nH]c(C)c1-c1ccc(NC(=O)[C@@H](NC(=O)c2ccnn2[C@H](C)CO)C(C2CC2)C2CC2)cc1. The van der Waals surface area contributed by atoms with Crippen LogP contribution in [0.3, 0.4) is 0 Å². The molecular formula is C27H34N6O3. The predicted molar refractivity (Wildman–Crippen MR) is 136 cm³/mol. The quantitative estimate of drug-likeness (QED) is 0.345. The van der Waals surface area contributed by atoms with Gasteiger partial charge in [0.15, 0.2) is 0 Å². The van der Waals surface area contributed by atoms with E-state index in [1.165, 1.54) is 4.68 Å². The van der Waals surface area contributed by atoms with E-state index in [-0.39, 0.29) is 30.4 Å². The molecule has 2 atom stereocenters. The van der Waals surface area contributed by atoms with E-state index in [0.29, 0.717) is 23.2 Å². The summed E-state index contributed by atoms with van der Waals surface area (Å²) in [7, 11) is 0. The molecule has 0 radical (unpaired) electrons. The van der Waals surface area contributed by atoms with E-state index in [1.54, 1.807) is 19.2 Å². The summed E-state index contributed by atoms with van der Waals surface area (Å²) in [5.41, 5.74) is 5.05. The molecule has 4 N–H and O–H groups in total. The lowest BCUT2D eigenvalue weighted by Crippen LogP contribution is -2.50. The maximum absolute atomic E-state index is 13.6. The van der Waals surface area contributed by atoms with Gasteiger partial charge >= 0.3 is 0 Å². The number of nitrogens with zero attached hydrogens (tertiary/aromatic N) is 3. The Morgan fingerprint density at radius 2 is 1.78 bits per heavy atom. The number of aryl methyl sites for hydroxylation is 2. The van der Waals surface area contributed by atoms with Crippen molar-refractivity contribution >= 4 is 17.5 Å². The topological polar surface area (TPSA) is 125 Å². The third-order valence-corrected chi connectivity index (χ3v) is 7.44. The van der Waals surface area contributed by atoms with Crippen molar-refractivity contribution in [2.75, 3.05) is 11.9 Å². The van der Waals surface area contributed by atoms with Crippen LogP contribution in [-0.4, -0.2) is 49.5 Å². The average molecular weight is 491 g/mol. The molecular weight excluding hydrogens is 456 g/mol. The van der Waals surface area contributed by atoms with E-state index in [0.717, 1.165) is 48.2 Å². The molecule has 9 heteroatoms. The first-order valence-electron chi connectivity index (χ1n) is 12.8. The normalized spacial score (nSPS) is 17.1. The van der Waals surface area contributed by atoms with Crippen LogP contribution in [0.4, 0.5) is 5.69 Å². The Morgan fingerprint density at radius 1 is 1.11 bits per heavy atom. The van der Waals surface area contributed by atoms with Gasteiger partial charge in [-0.05, 0) is 88.0 Å². The second-order valence-corrected chi connectivity index (χ2v) is 10.3. The zero-order valence-electron chi connectivity index (χ0n) is 21.0. The Labute approximate surface area is 210 Å². The van der Waals surface area contributed by atoms with Gasteiger partial charge in [0.05, 0.1) is 18.3 Å². The summed E-state index contributed by atoms with van der Waals surface area (Å²) in [6.07, 6.45) is 5.92. The van der Waals surface area contributed by atoms with E-state index in [4.69, 9.17) is 0 Å². The van der Waals surface area contributed by atoms with E-state index >= 15 is 0 Å². The summed E-state index contributed by atoms with van der Waals surface area (Å²) in [5, 5.41) is 27.1. The molecule has 2 saturated carbocycles. The number of rotatable bonds is 10. The number of hydrogen-bond acceptors (Lipinski definition) is 5. The van der Waals surface area contributed by atoms with Crippen LogP contribution < -0.4 is 10.6 Å². The van der Waals surface area contributed by atoms with Gasteiger partial charge in [-0.15, -0.1) is 0 Å². The zero-order valence-corrected chi connectivity index (χ0v) is 21.0. The highest BCUT2D eigenvalue weighted by Gasteiger charge is 2.48. The van der Waals surface area contributed by atoms with Crippen LogP contribution in [0.1, 0.15) is 60.5 Å². The molecule has 2 aliphatic rings. The summed E-state index contributed by atoms with van der Waals surface area (Å²) < 4.78 is 1.51. The third kappa shape index (κ3) is 4.93. The molecule has 0 bridgehead atoms. The van der Waals surface area contributed by atoms with Crippen LogP contribution in [-0.2, 0) is 4.79 Å². The van der Waals surface area contributed by atoms with Gasteiger partial charge in [0.2, 0.25) is 5.91 Å². The van der Waals surface area contributed by atoms with Crippen molar-refractivity contribution in [3.05, 3.63) is 53.6 Å². The van der Waals surface area contributed by atoms with Crippen LogP contribution in [0.15, 0.2) is 36.5 Å². The number of benzene rings is 1. The maximum atomic E-state index is 13.6. The van der Waals surface area contributed by atoms with Crippen molar-refractivity contribution in [2.24, 2.45) is 17.8 Å². The van der Waals surface area contributed by atoms with Crippen molar-refractivity contribution in [2.45, 2.75) is 58.5 Å². The van der Waals surface area contributed by atoms with Gasteiger partial charge in [-0.3, -0.25) is 19.4 Å². The van der Waals surface area contributed by atoms with Crippen molar-refractivity contribution in [3.8, 4) is 11.1 Å². The molecule has 0 spiro atoms. The number of carbonyl (C=O) groups excluding carboxylic acids is 2. The number of anilines is 1. The van der Waals surface area contributed by atoms with Gasteiger partial charge < -0.3 is 15.7 Å². The number of aliphatic hydroxyl groups excluding tert-OH is 1. The number of H-pyrrole nitrogens is 1. The Morgan fingerprint density at radius 3 is 2.33 bits per heavy atom. The Bertz CT molecular complexity index is 1210. The lowest BCUT2D eigenvalue weighted by Gasteiger charge is -2.28. The molecule has 2 fully saturated rings. The Balaban J connectivity index is 1.36. The minimum absolute atomic E-state index is 0.121. The lowest BCUT2D eigenvalue weighted by atomic mass is 9.88. The highest BCUT2D eigenvalue weighted by atomic mass is 16.3. The molecule has 5 rings (SSSR count). The number of amides is 2. The summed E-state index contributed by atoms with van der Waals surface area (Å²) in [4.78, 5) is 26.9. The Kier molecular flexibility index (Phi) is 6.66. The largest absolute Gasteiger partial charge is 0.394 e. The minimum Gasteiger partial charge on any atom is -0.394 e. The van der Waals surface area contributed by atoms with Crippen LogP contribution in [0.25, 0.3) is 11.1 Å². The highest BCUT2D eigenvalue weighted by molar-refractivity contribution is 6.01. The number of aliphatic hydroxyl groups is 1. The summed E-state index contributed by atoms with van der Waals surface area (Å²) >= 11 is 0.